The quantitative estimate of drug-likeness (QED) is 0.741. The number of rotatable bonds is 2. The molecule has 1 aromatic rings. The largest absolute Gasteiger partial charge is 0.506 e. The Hall–Kier alpha value is -0.730. The average molecular weight is 187 g/mol. The number of phenols is 1. The molecule has 0 heterocycles. The maximum Gasteiger partial charge on any atom is 0.134 e. The maximum absolute atomic E-state index is 9.29. The van der Waals surface area contributed by atoms with Gasteiger partial charge in [0.2, 0.25) is 0 Å². The summed E-state index contributed by atoms with van der Waals surface area (Å²) in [5.41, 5.74) is 1.73. The molecular formula is C9H11ClO2. The lowest BCUT2D eigenvalue weighted by atomic mass is 10.1. The number of aliphatic hydroxyl groups is 1. The van der Waals surface area contributed by atoms with E-state index in [2.05, 4.69) is 0 Å². The second-order valence-corrected chi connectivity index (χ2v) is 3.11. The number of hydrogen-bond acceptors (Lipinski definition) is 2. The number of halogens is 1. The molecule has 0 radical (unpaired) electrons. The first kappa shape index (κ1) is 9.36. The minimum Gasteiger partial charge on any atom is -0.506 e. The molecule has 3 heteroatoms. The summed E-state index contributed by atoms with van der Waals surface area (Å²) >= 11 is 5.78. The molecule has 0 aliphatic heterocycles. The second kappa shape index (κ2) is 3.78. The average Bonchev–Trinajstić information content (AvgIpc) is 2.00. The van der Waals surface area contributed by atoms with Gasteiger partial charge in [-0.25, -0.2) is 0 Å². The Labute approximate surface area is 76.4 Å². The third-order valence-electron chi connectivity index (χ3n) is 1.65. The number of aliphatic hydroxyl groups excluding tert-OH is 1. The van der Waals surface area contributed by atoms with E-state index in [4.69, 9.17) is 16.7 Å². The van der Waals surface area contributed by atoms with Crippen molar-refractivity contribution in [3.05, 3.63) is 28.3 Å². The van der Waals surface area contributed by atoms with Crippen LogP contribution in [0.15, 0.2) is 12.1 Å². The van der Waals surface area contributed by atoms with Gasteiger partial charge < -0.3 is 10.2 Å². The summed E-state index contributed by atoms with van der Waals surface area (Å²) in [6, 6.07) is 3.46. The number of aryl methyl sites for hydroxylation is 1. The monoisotopic (exact) mass is 186 g/mol. The van der Waals surface area contributed by atoms with Crippen molar-refractivity contribution >= 4 is 11.6 Å². The van der Waals surface area contributed by atoms with Crippen molar-refractivity contribution in [2.45, 2.75) is 13.3 Å². The van der Waals surface area contributed by atoms with Crippen LogP contribution in [-0.4, -0.2) is 16.8 Å². The first-order valence-corrected chi connectivity index (χ1v) is 4.12. The van der Waals surface area contributed by atoms with Crippen molar-refractivity contribution in [3.8, 4) is 5.75 Å². The zero-order valence-corrected chi connectivity index (χ0v) is 7.60. The Morgan fingerprint density at radius 3 is 2.67 bits per heavy atom. The van der Waals surface area contributed by atoms with E-state index < -0.39 is 0 Å². The molecule has 0 bridgehead atoms. The molecule has 12 heavy (non-hydrogen) atoms. The molecule has 0 aliphatic carbocycles. The molecule has 2 N–H and O–H groups in total. The number of phenolic OH excluding ortho intramolecular Hbond substituents is 1. The lowest BCUT2D eigenvalue weighted by molar-refractivity contribution is 0.299. The van der Waals surface area contributed by atoms with Crippen LogP contribution in [0.2, 0.25) is 5.02 Å². The molecule has 0 atom stereocenters. The van der Waals surface area contributed by atoms with Crippen molar-refractivity contribution < 1.29 is 10.2 Å². The van der Waals surface area contributed by atoms with E-state index in [0.29, 0.717) is 11.4 Å². The molecule has 0 aromatic heterocycles. The Bertz CT molecular complexity index is 284. The number of benzene rings is 1. The zero-order chi connectivity index (χ0) is 9.14. The molecule has 0 aliphatic rings. The van der Waals surface area contributed by atoms with Gasteiger partial charge in [-0.3, -0.25) is 0 Å². The van der Waals surface area contributed by atoms with Gasteiger partial charge in [-0.05, 0) is 30.5 Å². The fraction of sp³-hybridized carbons (Fsp3) is 0.333. The SMILES string of the molecule is Cc1cc(O)c(Cl)c(CCO)c1. The molecule has 0 spiro atoms. The van der Waals surface area contributed by atoms with E-state index in [1.807, 2.05) is 13.0 Å². The standard InChI is InChI=1S/C9H11ClO2/c1-6-4-7(2-3-11)9(10)8(12)5-6/h4-5,11-12H,2-3H2,1H3. The van der Waals surface area contributed by atoms with Crippen LogP contribution in [-0.2, 0) is 6.42 Å². The molecular weight excluding hydrogens is 176 g/mol. The van der Waals surface area contributed by atoms with Gasteiger partial charge in [0.25, 0.3) is 0 Å². The van der Waals surface area contributed by atoms with Gasteiger partial charge in [0, 0.05) is 6.61 Å². The van der Waals surface area contributed by atoms with Crippen LogP contribution in [0.4, 0.5) is 0 Å². The summed E-state index contributed by atoms with van der Waals surface area (Å²) in [5, 5.41) is 18.3. The first-order valence-electron chi connectivity index (χ1n) is 3.74. The highest BCUT2D eigenvalue weighted by atomic mass is 35.5. The fourth-order valence-electron chi connectivity index (χ4n) is 1.13. The Morgan fingerprint density at radius 1 is 1.42 bits per heavy atom. The Kier molecular flexibility index (Phi) is 2.95. The van der Waals surface area contributed by atoms with Gasteiger partial charge in [-0.1, -0.05) is 17.7 Å². The molecule has 1 aromatic carbocycles. The summed E-state index contributed by atoms with van der Waals surface area (Å²) in [5.74, 6) is 0.0834. The number of hydrogen-bond donors (Lipinski definition) is 2. The van der Waals surface area contributed by atoms with Crippen molar-refractivity contribution in [2.75, 3.05) is 6.61 Å². The van der Waals surface area contributed by atoms with E-state index in [1.165, 1.54) is 0 Å². The summed E-state index contributed by atoms with van der Waals surface area (Å²) in [4.78, 5) is 0. The summed E-state index contributed by atoms with van der Waals surface area (Å²) in [7, 11) is 0. The first-order chi connectivity index (χ1) is 5.65. The van der Waals surface area contributed by atoms with Gasteiger partial charge in [-0.2, -0.15) is 0 Å². The lowest BCUT2D eigenvalue weighted by Gasteiger charge is -2.05. The van der Waals surface area contributed by atoms with Gasteiger partial charge in [0.1, 0.15) is 5.75 Å². The van der Waals surface area contributed by atoms with Crippen LogP contribution >= 0.6 is 11.6 Å². The third kappa shape index (κ3) is 1.90. The normalized spacial score (nSPS) is 10.2. The predicted octanol–water partition coefficient (Wildman–Crippen LogP) is 1.89. The molecule has 1 rings (SSSR count). The van der Waals surface area contributed by atoms with Gasteiger partial charge in [-0.15, -0.1) is 0 Å². The van der Waals surface area contributed by atoms with Gasteiger partial charge in [0.15, 0.2) is 0 Å². The fourth-order valence-corrected chi connectivity index (χ4v) is 1.33. The minimum atomic E-state index is 0.0443. The van der Waals surface area contributed by atoms with Crippen LogP contribution < -0.4 is 0 Å². The highest BCUT2D eigenvalue weighted by Crippen LogP contribution is 2.28. The highest BCUT2D eigenvalue weighted by molar-refractivity contribution is 6.32. The molecule has 0 amide bonds. The minimum absolute atomic E-state index is 0.0443. The van der Waals surface area contributed by atoms with Crippen LogP contribution in [0.3, 0.4) is 0 Å². The van der Waals surface area contributed by atoms with E-state index in [1.54, 1.807) is 6.07 Å². The van der Waals surface area contributed by atoms with E-state index in [-0.39, 0.29) is 12.4 Å². The molecule has 0 saturated heterocycles. The molecule has 0 saturated carbocycles. The molecule has 0 fully saturated rings. The van der Waals surface area contributed by atoms with E-state index in [0.717, 1.165) is 11.1 Å². The molecule has 2 nitrogen and oxygen atoms in total. The second-order valence-electron chi connectivity index (χ2n) is 2.73. The maximum atomic E-state index is 9.29. The van der Waals surface area contributed by atoms with Crippen molar-refractivity contribution in [2.24, 2.45) is 0 Å². The lowest BCUT2D eigenvalue weighted by Crippen LogP contribution is -1.92. The third-order valence-corrected chi connectivity index (χ3v) is 2.09. The molecule has 66 valence electrons. The predicted molar refractivity (Wildman–Crippen MR) is 48.6 cm³/mol. The Morgan fingerprint density at radius 2 is 2.08 bits per heavy atom. The smallest absolute Gasteiger partial charge is 0.134 e. The summed E-state index contributed by atoms with van der Waals surface area (Å²) in [6.45, 7) is 1.92. The summed E-state index contributed by atoms with van der Waals surface area (Å²) in [6.07, 6.45) is 0.480. The topological polar surface area (TPSA) is 40.5 Å². The van der Waals surface area contributed by atoms with Crippen LogP contribution in [0.25, 0.3) is 0 Å². The van der Waals surface area contributed by atoms with Crippen molar-refractivity contribution in [1.82, 2.24) is 0 Å². The summed E-state index contributed by atoms with van der Waals surface area (Å²) < 4.78 is 0. The number of aromatic hydroxyl groups is 1. The van der Waals surface area contributed by atoms with Crippen LogP contribution in [0.5, 0.6) is 5.75 Å². The van der Waals surface area contributed by atoms with E-state index in [9.17, 15) is 5.11 Å². The zero-order valence-electron chi connectivity index (χ0n) is 6.84. The van der Waals surface area contributed by atoms with Gasteiger partial charge in [0.05, 0.1) is 5.02 Å². The Balaban J connectivity index is 3.09. The van der Waals surface area contributed by atoms with Crippen molar-refractivity contribution in [1.29, 1.82) is 0 Å². The van der Waals surface area contributed by atoms with E-state index >= 15 is 0 Å². The van der Waals surface area contributed by atoms with Gasteiger partial charge >= 0.3 is 0 Å². The highest BCUT2D eigenvalue weighted by Gasteiger charge is 2.05. The molecule has 0 unspecified atom stereocenters. The van der Waals surface area contributed by atoms with Crippen LogP contribution in [0, 0.1) is 6.92 Å². The van der Waals surface area contributed by atoms with Crippen molar-refractivity contribution in [3.63, 3.8) is 0 Å². The van der Waals surface area contributed by atoms with Crippen LogP contribution in [0.1, 0.15) is 11.1 Å².